The van der Waals surface area contributed by atoms with E-state index in [9.17, 15) is 0 Å². The van der Waals surface area contributed by atoms with Crippen molar-refractivity contribution in [2.24, 2.45) is 0 Å². The molecule has 0 amide bonds. The minimum absolute atomic E-state index is 0.511. The Kier molecular flexibility index (Phi) is 4.24. The number of anilines is 1. The van der Waals surface area contributed by atoms with E-state index in [-0.39, 0.29) is 0 Å². The number of rotatable bonds is 3. The summed E-state index contributed by atoms with van der Waals surface area (Å²) in [7, 11) is 0. The van der Waals surface area contributed by atoms with Crippen LogP contribution in [0.5, 0.6) is 11.5 Å². The molecule has 0 spiro atoms. The van der Waals surface area contributed by atoms with Gasteiger partial charge in [0.25, 0.3) is 0 Å². The second-order valence-corrected chi connectivity index (χ2v) is 5.82. The molecule has 0 atom stereocenters. The normalized spacial score (nSPS) is 10.9. The Bertz CT molecular complexity index is 635. The third kappa shape index (κ3) is 3.07. The van der Waals surface area contributed by atoms with Gasteiger partial charge >= 0.3 is 0 Å². The molecule has 106 valence electrons. The minimum atomic E-state index is 0.511. The van der Waals surface area contributed by atoms with Gasteiger partial charge in [-0.3, -0.25) is 0 Å². The van der Waals surface area contributed by atoms with Crippen LogP contribution in [0.15, 0.2) is 30.3 Å². The average Bonchev–Trinajstić information content (AvgIpc) is 2.35. The number of benzene rings is 2. The Morgan fingerprint density at radius 2 is 1.75 bits per heavy atom. The lowest BCUT2D eigenvalue weighted by Gasteiger charge is -2.14. The summed E-state index contributed by atoms with van der Waals surface area (Å²) in [5.41, 5.74) is 9.89. The number of aryl methyl sites for hydroxylation is 2. The molecule has 0 fully saturated rings. The van der Waals surface area contributed by atoms with Crippen molar-refractivity contribution in [3.63, 3.8) is 0 Å². The van der Waals surface area contributed by atoms with E-state index in [0.717, 1.165) is 17.1 Å². The van der Waals surface area contributed by atoms with Crippen LogP contribution in [0.2, 0.25) is 5.02 Å². The zero-order valence-corrected chi connectivity index (χ0v) is 13.1. The number of hydrogen-bond acceptors (Lipinski definition) is 2. The van der Waals surface area contributed by atoms with Gasteiger partial charge in [-0.05, 0) is 54.7 Å². The van der Waals surface area contributed by atoms with E-state index in [1.165, 1.54) is 11.1 Å². The lowest BCUT2D eigenvalue weighted by Crippen LogP contribution is -1.95. The zero-order chi connectivity index (χ0) is 14.9. The first-order chi connectivity index (χ1) is 9.38. The Hall–Kier alpha value is -1.67. The Labute approximate surface area is 125 Å². The molecule has 3 heteroatoms. The van der Waals surface area contributed by atoms with Gasteiger partial charge in [0.15, 0.2) is 0 Å². The van der Waals surface area contributed by atoms with Crippen LogP contribution in [0, 0.1) is 13.8 Å². The van der Waals surface area contributed by atoms with Crippen molar-refractivity contribution in [2.45, 2.75) is 33.6 Å². The van der Waals surface area contributed by atoms with E-state index in [0.29, 0.717) is 16.6 Å². The first-order valence-electron chi connectivity index (χ1n) is 6.72. The van der Waals surface area contributed by atoms with E-state index in [2.05, 4.69) is 32.9 Å². The highest BCUT2D eigenvalue weighted by Crippen LogP contribution is 2.33. The molecule has 0 bridgehead atoms. The Balaban J connectivity index is 2.31. The largest absolute Gasteiger partial charge is 0.457 e. The van der Waals surface area contributed by atoms with Gasteiger partial charge in [0.05, 0.1) is 10.7 Å². The second-order valence-electron chi connectivity index (χ2n) is 5.41. The molecule has 0 radical (unpaired) electrons. The summed E-state index contributed by atoms with van der Waals surface area (Å²) in [5.74, 6) is 2.06. The maximum absolute atomic E-state index is 6.05. The third-order valence-electron chi connectivity index (χ3n) is 3.39. The maximum atomic E-state index is 6.05. The van der Waals surface area contributed by atoms with Gasteiger partial charge < -0.3 is 10.5 Å². The SMILES string of the molecule is Cc1cc(N)c(Cl)cc1Oc1ccc(C(C)C)c(C)c1. The summed E-state index contributed by atoms with van der Waals surface area (Å²) in [4.78, 5) is 0. The van der Waals surface area contributed by atoms with Crippen LogP contribution in [0.4, 0.5) is 5.69 Å². The van der Waals surface area contributed by atoms with Gasteiger partial charge in [-0.2, -0.15) is 0 Å². The van der Waals surface area contributed by atoms with Crippen molar-refractivity contribution in [3.05, 3.63) is 52.0 Å². The topological polar surface area (TPSA) is 35.2 Å². The summed E-state index contributed by atoms with van der Waals surface area (Å²) in [5, 5.41) is 0.515. The fourth-order valence-electron chi connectivity index (χ4n) is 2.28. The fourth-order valence-corrected chi connectivity index (χ4v) is 2.44. The van der Waals surface area contributed by atoms with Crippen LogP contribution in [0.3, 0.4) is 0 Å². The molecule has 0 aliphatic rings. The molecule has 2 nitrogen and oxygen atoms in total. The van der Waals surface area contributed by atoms with Crippen molar-refractivity contribution >= 4 is 17.3 Å². The summed E-state index contributed by atoms with van der Waals surface area (Å²) >= 11 is 6.05. The standard InChI is InChI=1S/C17H20ClNO/c1-10(2)14-6-5-13(7-11(14)3)20-17-9-15(18)16(19)8-12(17)4/h5-10H,19H2,1-4H3. The monoisotopic (exact) mass is 289 g/mol. The molecule has 0 unspecified atom stereocenters. The molecule has 0 heterocycles. The first kappa shape index (κ1) is 14.7. The van der Waals surface area contributed by atoms with Gasteiger partial charge in [0.1, 0.15) is 11.5 Å². The lowest BCUT2D eigenvalue weighted by atomic mass is 9.98. The molecule has 2 rings (SSSR count). The van der Waals surface area contributed by atoms with Gasteiger partial charge in [-0.25, -0.2) is 0 Å². The van der Waals surface area contributed by atoms with E-state index in [1.54, 1.807) is 6.07 Å². The van der Waals surface area contributed by atoms with Crippen LogP contribution in [-0.4, -0.2) is 0 Å². The second kappa shape index (κ2) is 5.76. The number of hydrogen-bond donors (Lipinski definition) is 1. The summed E-state index contributed by atoms with van der Waals surface area (Å²) in [6, 6.07) is 9.75. The first-order valence-corrected chi connectivity index (χ1v) is 7.10. The summed E-state index contributed by atoms with van der Waals surface area (Å²) in [6.45, 7) is 8.43. The molecule has 0 aliphatic carbocycles. The predicted octanol–water partition coefficient (Wildman–Crippen LogP) is 5.45. The Morgan fingerprint density at radius 3 is 2.35 bits per heavy atom. The minimum Gasteiger partial charge on any atom is -0.457 e. The quantitative estimate of drug-likeness (QED) is 0.762. The maximum Gasteiger partial charge on any atom is 0.131 e. The lowest BCUT2D eigenvalue weighted by molar-refractivity contribution is 0.478. The molecule has 0 saturated carbocycles. The van der Waals surface area contributed by atoms with Crippen LogP contribution in [0.1, 0.15) is 36.5 Å². The van der Waals surface area contributed by atoms with Crippen LogP contribution in [0.25, 0.3) is 0 Å². The highest BCUT2D eigenvalue weighted by molar-refractivity contribution is 6.33. The molecular formula is C17H20ClNO. The van der Waals surface area contributed by atoms with Crippen molar-refractivity contribution in [3.8, 4) is 11.5 Å². The number of ether oxygens (including phenoxy) is 1. The zero-order valence-electron chi connectivity index (χ0n) is 12.3. The molecule has 2 aromatic carbocycles. The van der Waals surface area contributed by atoms with Crippen molar-refractivity contribution in [1.82, 2.24) is 0 Å². The highest BCUT2D eigenvalue weighted by Gasteiger charge is 2.08. The van der Waals surface area contributed by atoms with Crippen molar-refractivity contribution in [2.75, 3.05) is 5.73 Å². The van der Waals surface area contributed by atoms with Gasteiger partial charge in [-0.15, -0.1) is 0 Å². The molecule has 0 saturated heterocycles. The predicted molar refractivity (Wildman–Crippen MR) is 85.9 cm³/mol. The van der Waals surface area contributed by atoms with Gasteiger partial charge in [0, 0.05) is 6.07 Å². The molecule has 20 heavy (non-hydrogen) atoms. The molecular weight excluding hydrogens is 270 g/mol. The smallest absolute Gasteiger partial charge is 0.131 e. The van der Waals surface area contributed by atoms with Crippen LogP contribution in [-0.2, 0) is 0 Å². The summed E-state index contributed by atoms with van der Waals surface area (Å²) in [6.07, 6.45) is 0. The van der Waals surface area contributed by atoms with Crippen molar-refractivity contribution < 1.29 is 4.74 Å². The van der Waals surface area contributed by atoms with Crippen molar-refractivity contribution in [1.29, 1.82) is 0 Å². The number of nitrogens with two attached hydrogens (primary N) is 1. The molecule has 2 N–H and O–H groups in total. The molecule has 0 aliphatic heterocycles. The van der Waals surface area contributed by atoms with Gasteiger partial charge in [-0.1, -0.05) is 31.5 Å². The fraction of sp³-hybridized carbons (Fsp3) is 0.294. The van der Waals surface area contributed by atoms with E-state index in [4.69, 9.17) is 22.1 Å². The van der Waals surface area contributed by atoms with E-state index < -0.39 is 0 Å². The Morgan fingerprint density at radius 1 is 1.05 bits per heavy atom. The third-order valence-corrected chi connectivity index (χ3v) is 3.71. The van der Waals surface area contributed by atoms with E-state index >= 15 is 0 Å². The van der Waals surface area contributed by atoms with Gasteiger partial charge in [0.2, 0.25) is 0 Å². The van der Waals surface area contributed by atoms with E-state index in [1.807, 2.05) is 19.1 Å². The summed E-state index contributed by atoms with van der Waals surface area (Å²) < 4.78 is 5.92. The number of halogens is 1. The molecule has 2 aromatic rings. The van der Waals surface area contributed by atoms with Crippen LogP contribution < -0.4 is 10.5 Å². The number of nitrogen functional groups attached to an aromatic ring is 1. The molecule has 0 aromatic heterocycles. The average molecular weight is 290 g/mol. The van der Waals surface area contributed by atoms with Crippen LogP contribution >= 0.6 is 11.6 Å². The highest BCUT2D eigenvalue weighted by atomic mass is 35.5.